The Morgan fingerprint density at radius 3 is 2.45 bits per heavy atom. The van der Waals surface area contributed by atoms with Crippen molar-refractivity contribution >= 4 is 62.7 Å². The molecule has 0 bridgehead atoms. The van der Waals surface area contributed by atoms with Crippen molar-refractivity contribution in [3.05, 3.63) is 80.9 Å². The van der Waals surface area contributed by atoms with Gasteiger partial charge in [0.25, 0.3) is 5.91 Å². The van der Waals surface area contributed by atoms with Gasteiger partial charge in [0, 0.05) is 32.5 Å². The van der Waals surface area contributed by atoms with Crippen molar-refractivity contribution in [1.29, 1.82) is 0 Å². The highest BCUT2D eigenvalue weighted by atomic mass is 35.5. The van der Waals surface area contributed by atoms with Gasteiger partial charge in [0.2, 0.25) is 10.0 Å². The van der Waals surface area contributed by atoms with Gasteiger partial charge in [-0.3, -0.25) is 9.52 Å². The van der Waals surface area contributed by atoms with Crippen molar-refractivity contribution in [3.63, 3.8) is 0 Å². The largest absolute Gasteiger partial charge is 0.489 e. The van der Waals surface area contributed by atoms with E-state index in [0.29, 0.717) is 44.2 Å². The minimum Gasteiger partial charge on any atom is -0.489 e. The molecule has 2 aromatic carbocycles. The molecule has 14 heteroatoms. The lowest BCUT2D eigenvalue weighted by Gasteiger charge is -2.15. The van der Waals surface area contributed by atoms with Crippen LogP contribution in [0, 0.1) is 12.7 Å². The minimum atomic E-state index is -3.55. The molecule has 4 rings (SSSR count). The van der Waals surface area contributed by atoms with Gasteiger partial charge in [0.05, 0.1) is 29.1 Å². The van der Waals surface area contributed by atoms with Gasteiger partial charge in [-0.1, -0.05) is 11.6 Å². The third-order valence-electron chi connectivity index (χ3n) is 6.01. The highest BCUT2D eigenvalue weighted by molar-refractivity contribution is 7.92. The Kier molecular flexibility index (Phi) is 10.1. The molecule has 2 N–H and O–H groups in total. The van der Waals surface area contributed by atoms with Gasteiger partial charge < -0.3 is 19.4 Å². The number of aryl methyl sites for hydroxylation is 1. The van der Waals surface area contributed by atoms with Gasteiger partial charge in [0.15, 0.2) is 0 Å². The standard InChI is InChI=1S/C30H32ClFN3O6PS2/c1-17(2)41-24-13-27(40-16-19-7-21(32)11-25(8-19)42(4,5)37)29(33-15-24)26-14-28(43-18(26)3)30(36)34-22-9-20(31)10-23(12-22)35-44(6,38)39/h7-15,17,35H,16H2,1-6H3,(H,34,36). The topological polar surface area (TPSA) is 124 Å². The number of nitrogens with one attached hydrogen (secondary N) is 2. The molecule has 0 aliphatic carbocycles. The summed E-state index contributed by atoms with van der Waals surface area (Å²) in [6.45, 7) is 8.72. The quantitative estimate of drug-likeness (QED) is 0.161. The molecule has 44 heavy (non-hydrogen) atoms. The lowest BCUT2D eigenvalue weighted by Crippen LogP contribution is -2.12. The van der Waals surface area contributed by atoms with E-state index in [-0.39, 0.29) is 23.4 Å². The Morgan fingerprint density at radius 2 is 1.80 bits per heavy atom. The number of hydrogen-bond acceptors (Lipinski definition) is 8. The number of amides is 1. The monoisotopic (exact) mass is 679 g/mol. The number of rotatable bonds is 11. The molecule has 0 saturated heterocycles. The maximum absolute atomic E-state index is 14.4. The number of hydrogen-bond donors (Lipinski definition) is 2. The number of anilines is 2. The Balaban J connectivity index is 1.64. The van der Waals surface area contributed by atoms with Crippen molar-refractivity contribution in [1.82, 2.24) is 4.98 Å². The minimum absolute atomic E-state index is 0.0281. The van der Waals surface area contributed by atoms with Gasteiger partial charge in [-0.2, -0.15) is 0 Å². The fourth-order valence-corrected chi connectivity index (χ4v) is 6.83. The first-order valence-corrected chi connectivity index (χ1v) is 19.0. The molecule has 4 aromatic rings. The first-order valence-electron chi connectivity index (χ1n) is 13.3. The second kappa shape index (κ2) is 13.3. The summed E-state index contributed by atoms with van der Waals surface area (Å²) in [6, 6.07) is 12.0. The predicted octanol–water partition coefficient (Wildman–Crippen LogP) is 7.15. The van der Waals surface area contributed by atoms with E-state index in [1.54, 1.807) is 37.7 Å². The molecule has 0 saturated carbocycles. The molecule has 0 atom stereocenters. The molecule has 9 nitrogen and oxygen atoms in total. The maximum Gasteiger partial charge on any atom is 0.265 e. The zero-order valence-corrected chi connectivity index (χ0v) is 28.2. The van der Waals surface area contributed by atoms with Crippen LogP contribution in [0.1, 0.15) is 34.0 Å². The third-order valence-corrected chi connectivity index (χ3v) is 9.39. The van der Waals surface area contributed by atoms with E-state index in [4.69, 9.17) is 21.1 Å². The van der Waals surface area contributed by atoms with Crippen LogP contribution in [0.2, 0.25) is 5.02 Å². The van der Waals surface area contributed by atoms with Crippen LogP contribution < -0.4 is 24.8 Å². The molecule has 1 amide bonds. The first-order chi connectivity index (χ1) is 20.5. The lowest BCUT2D eigenvalue weighted by molar-refractivity contribution is 0.103. The van der Waals surface area contributed by atoms with Crippen LogP contribution in [-0.2, 0) is 21.2 Å². The van der Waals surface area contributed by atoms with Gasteiger partial charge in [-0.25, -0.2) is 17.8 Å². The number of benzene rings is 2. The summed E-state index contributed by atoms with van der Waals surface area (Å²) >= 11 is 7.38. The van der Waals surface area contributed by atoms with Crippen LogP contribution >= 0.6 is 30.1 Å². The molecule has 0 radical (unpaired) electrons. The second-order valence-electron chi connectivity index (χ2n) is 10.8. The molecule has 0 unspecified atom stereocenters. The van der Waals surface area contributed by atoms with Crippen LogP contribution in [0.25, 0.3) is 11.3 Å². The highest BCUT2D eigenvalue weighted by Crippen LogP contribution is 2.39. The molecular formula is C30H32ClFN3O6PS2. The van der Waals surface area contributed by atoms with Crippen LogP contribution in [0.5, 0.6) is 11.5 Å². The molecule has 0 aliphatic rings. The maximum atomic E-state index is 14.4. The normalized spacial score (nSPS) is 11.8. The predicted molar refractivity (Wildman–Crippen MR) is 176 cm³/mol. The Hall–Kier alpha value is -3.44. The van der Waals surface area contributed by atoms with Crippen LogP contribution in [0.3, 0.4) is 0 Å². The van der Waals surface area contributed by atoms with Crippen molar-refractivity contribution in [3.8, 4) is 22.8 Å². The van der Waals surface area contributed by atoms with E-state index in [2.05, 4.69) is 15.0 Å². The van der Waals surface area contributed by atoms with Crippen LogP contribution in [0.4, 0.5) is 15.8 Å². The number of carbonyl (C=O) groups excluding carboxylic acids is 1. The number of halogens is 2. The van der Waals surface area contributed by atoms with E-state index in [1.807, 2.05) is 20.8 Å². The zero-order chi connectivity index (χ0) is 32.4. The van der Waals surface area contributed by atoms with Crippen LogP contribution in [0.15, 0.2) is 54.7 Å². The average Bonchev–Trinajstić information content (AvgIpc) is 3.26. The van der Waals surface area contributed by atoms with Crippen molar-refractivity contribution in [2.24, 2.45) is 0 Å². The number of nitrogens with zero attached hydrogens (tertiary/aromatic N) is 1. The second-order valence-corrected chi connectivity index (χ2v) is 17.4. The molecular weight excluding hydrogens is 648 g/mol. The van der Waals surface area contributed by atoms with Gasteiger partial charge in [-0.15, -0.1) is 11.3 Å². The van der Waals surface area contributed by atoms with Crippen molar-refractivity contribution in [2.45, 2.75) is 33.5 Å². The molecule has 2 heterocycles. The summed E-state index contributed by atoms with van der Waals surface area (Å²) in [5, 5.41) is 3.40. The Bertz CT molecular complexity index is 1870. The molecule has 0 fully saturated rings. The van der Waals surface area contributed by atoms with Crippen molar-refractivity contribution in [2.75, 3.05) is 29.6 Å². The Labute approximate surface area is 265 Å². The van der Waals surface area contributed by atoms with Gasteiger partial charge in [0.1, 0.15) is 36.8 Å². The smallest absolute Gasteiger partial charge is 0.265 e. The first kappa shape index (κ1) is 33.5. The number of aromatic nitrogens is 1. The summed E-state index contributed by atoms with van der Waals surface area (Å²) in [5.74, 6) is -0.126. The lowest BCUT2D eigenvalue weighted by atomic mass is 10.1. The SMILES string of the molecule is Cc1sc(C(=O)Nc2cc(Cl)cc(NS(C)(=O)=O)c2)cc1-c1ncc(OC(C)C)cc1OCc1cc(F)cc(P(C)(C)=O)c1. The average molecular weight is 680 g/mol. The number of pyridine rings is 1. The molecule has 2 aromatic heterocycles. The van der Waals surface area contributed by atoms with E-state index in [0.717, 1.165) is 11.1 Å². The van der Waals surface area contributed by atoms with Gasteiger partial charge >= 0.3 is 0 Å². The number of carbonyl (C=O) groups is 1. The fourth-order valence-electron chi connectivity index (χ4n) is 4.22. The van der Waals surface area contributed by atoms with Crippen molar-refractivity contribution < 1.29 is 31.6 Å². The van der Waals surface area contributed by atoms with E-state index in [9.17, 15) is 22.2 Å². The Morgan fingerprint density at radius 1 is 1.09 bits per heavy atom. The highest BCUT2D eigenvalue weighted by Gasteiger charge is 2.20. The summed E-state index contributed by atoms with van der Waals surface area (Å²) in [6.07, 6.45) is 2.45. The fraction of sp³-hybridized carbons (Fsp3) is 0.267. The van der Waals surface area contributed by atoms with Crippen LogP contribution in [-0.4, -0.2) is 45.0 Å². The van der Waals surface area contributed by atoms with E-state index < -0.39 is 28.9 Å². The summed E-state index contributed by atoms with van der Waals surface area (Å²) in [5.41, 5.74) is 2.10. The van der Waals surface area contributed by atoms with Gasteiger partial charge in [-0.05, 0) is 82.1 Å². The summed E-state index contributed by atoms with van der Waals surface area (Å²) < 4.78 is 64.5. The molecule has 0 spiro atoms. The van der Waals surface area contributed by atoms with E-state index in [1.165, 1.54) is 41.7 Å². The molecule has 0 aliphatic heterocycles. The molecule has 234 valence electrons. The summed E-state index contributed by atoms with van der Waals surface area (Å²) in [4.78, 5) is 19.0. The third kappa shape index (κ3) is 9.04. The summed E-state index contributed by atoms with van der Waals surface area (Å²) in [7, 11) is -6.25. The zero-order valence-electron chi connectivity index (χ0n) is 24.9. The number of thiophene rings is 1. The number of sulfonamides is 1. The number of ether oxygens (including phenoxy) is 2. The van der Waals surface area contributed by atoms with E-state index >= 15 is 0 Å².